The zero-order chi connectivity index (χ0) is 37.1. The molecule has 294 valence electrons. The standard InChI is InChI=1S/C31H57NO18/c1-3-5-6-7-8-9-15(36)14(32-19(37)4-2)13-45-29-25(43)22(40)27(17(11-34)47-29)50-31-26(44)23(41)28(18(12-35)48-31)49-30-24(42)21(39)20(38)16(10-33)46-30/h14-18,20-31,33-36,38-44H,3-13H2,1-2H3,(H,32,37). The van der Waals surface area contributed by atoms with E-state index in [1.54, 1.807) is 6.92 Å². The van der Waals surface area contributed by atoms with Gasteiger partial charge in [-0.05, 0) is 6.42 Å². The Bertz CT molecular complexity index is 978. The quantitative estimate of drug-likeness (QED) is 0.0554. The number of aliphatic hydroxyl groups excluding tert-OH is 11. The molecule has 1 amide bonds. The number of aliphatic hydroxyl groups is 11. The maximum atomic E-state index is 12.2. The summed E-state index contributed by atoms with van der Waals surface area (Å²) in [5.41, 5.74) is 0. The van der Waals surface area contributed by atoms with Crippen molar-refractivity contribution < 1.29 is 89.4 Å². The number of ether oxygens (including phenoxy) is 6. The van der Waals surface area contributed by atoms with Gasteiger partial charge in [-0.15, -0.1) is 0 Å². The van der Waals surface area contributed by atoms with Crippen LogP contribution in [0.4, 0.5) is 0 Å². The van der Waals surface area contributed by atoms with Crippen LogP contribution in [-0.4, -0.2) is 193 Å². The van der Waals surface area contributed by atoms with Crippen molar-refractivity contribution >= 4 is 5.91 Å². The Labute approximate surface area is 290 Å². The molecule has 0 radical (unpaired) electrons. The summed E-state index contributed by atoms with van der Waals surface area (Å²) in [6.45, 7) is 1.02. The summed E-state index contributed by atoms with van der Waals surface area (Å²) in [6, 6.07) is -0.871. The minimum atomic E-state index is -1.96. The Kier molecular flexibility index (Phi) is 18.0. The molecule has 3 fully saturated rings. The third kappa shape index (κ3) is 10.9. The highest BCUT2D eigenvalue weighted by Crippen LogP contribution is 2.32. The van der Waals surface area contributed by atoms with Gasteiger partial charge >= 0.3 is 0 Å². The van der Waals surface area contributed by atoms with E-state index in [4.69, 9.17) is 28.4 Å². The summed E-state index contributed by atoms with van der Waals surface area (Å²) in [5.74, 6) is -0.342. The van der Waals surface area contributed by atoms with Gasteiger partial charge in [0.2, 0.25) is 5.91 Å². The second-order valence-corrected chi connectivity index (χ2v) is 12.9. The first-order valence-corrected chi connectivity index (χ1v) is 17.3. The van der Waals surface area contributed by atoms with Gasteiger partial charge in [-0.1, -0.05) is 46.0 Å². The van der Waals surface area contributed by atoms with Crippen LogP contribution in [0.25, 0.3) is 0 Å². The SMILES string of the molecule is CCCCCCCC(O)C(COC1OC(CO)C(OC2OC(CO)C(OC3OC(CO)C(O)C(O)C3O)C(O)C2O)C(O)C1O)NC(=O)CC. The Morgan fingerprint density at radius 2 is 1.12 bits per heavy atom. The highest BCUT2D eigenvalue weighted by Gasteiger charge is 2.53. The van der Waals surface area contributed by atoms with Gasteiger partial charge in [-0.2, -0.15) is 0 Å². The van der Waals surface area contributed by atoms with E-state index in [-0.39, 0.29) is 18.9 Å². The van der Waals surface area contributed by atoms with Gasteiger partial charge in [0.1, 0.15) is 73.2 Å². The zero-order valence-electron chi connectivity index (χ0n) is 28.4. The van der Waals surface area contributed by atoms with Crippen molar-refractivity contribution in [1.29, 1.82) is 0 Å². The first-order valence-electron chi connectivity index (χ1n) is 17.3. The van der Waals surface area contributed by atoms with E-state index in [0.717, 1.165) is 25.7 Å². The number of carbonyl (C=O) groups excluding carboxylic acids is 1. The fraction of sp³-hybridized carbons (Fsp3) is 0.968. The summed E-state index contributed by atoms with van der Waals surface area (Å²) in [5, 5.41) is 117. The highest BCUT2D eigenvalue weighted by molar-refractivity contribution is 5.75. The van der Waals surface area contributed by atoms with Crippen LogP contribution >= 0.6 is 0 Å². The Hall–Kier alpha value is -1.21. The van der Waals surface area contributed by atoms with E-state index in [9.17, 15) is 61.0 Å². The Morgan fingerprint density at radius 1 is 0.640 bits per heavy atom. The highest BCUT2D eigenvalue weighted by atomic mass is 16.8. The topological polar surface area (TPSA) is 307 Å². The van der Waals surface area contributed by atoms with E-state index < -0.39 is 124 Å². The fourth-order valence-electron chi connectivity index (χ4n) is 6.10. The van der Waals surface area contributed by atoms with Crippen LogP contribution in [-0.2, 0) is 33.2 Å². The van der Waals surface area contributed by atoms with E-state index in [1.807, 2.05) is 0 Å². The van der Waals surface area contributed by atoms with Crippen LogP contribution in [0.2, 0.25) is 0 Å². The summed E-state index contributed by atoms with van der Waals surface area (Å²) >= 11 is 0. The largest absolute Gasteiger partial charge is 0.394 e. The molecular weight excluding hydrogens is 674 g/mol. The lowest BCUT2D eigenvalue weighted by molar-refractivity contribution is -0.379. The maximum absolute atomic E-state index is 12.2. The second-order valence-electron chi connectivity index (χ2n) is 12.9. The zero-order valence-corrected chi connectivity index (χ0v) is 28.4. The molecule has 17 unspecified atom stereocenters. The van der Waals surface area contributed by atoms with Crippen LogP contribution in [0.5, 0.6) is 0 Å². The minimum Gasteiger partial charge on any atom is -0.394 e. The van der Waals surface area contributed by atoms with Crippen molar-refractivity contribution in [3.63, 3.8) is 0 Å². The molecule has 3 saturated heterocycles. The number of amides is 1. The summed E-state index contributed by atoms with van der Waals surface area (Å²) in [6.07, 6.45) is -21.1. The number of hydrogen-bond donors (Lipinski definition) is 12. The molecule has 3 heterocycles. The summed E-state index contributed by atoms with van der Waals surface area (Å²) in [4.78, 5) is 12.2. The van der Waals surface area contributed by atoms with Gasteiger partial charge in [-0.3, -0.25) is 4.79 Å². The second kappa shape index (κ2) is 20.9. The Morgan fingerprint density at radius 3 is 1.64 bits per heavy atom. The van der Waals surface area contributed by atoms with Crippen molar-refractivity contribution in [3.8, 4) is 0 Å². The van der Waals surface area contributed by atoms with Gasteiger partial charge in [0.25, 0.3) is 0 Å². The molecule has 0 bridgehead atoms. The molecule has 0 saturated carbocycles. The normalized spacial score (nSPS) is 40.7. The number of unbranched alkanes of at least 4 members (excludes halogenated alkanes) is 4. The molecule has 17 atom stereocenters. The first kappa shape index (κ1) is 43.2. The molecule has 0 aromatic carbocycles. The lowest BCUT2D eigenvalue weighted by Crippen LogP contribution is -2.66. The van der Waals surface area contributed by atoms with Crippen LogP contribution in [0.3, 0.4) is 0 Å². The van der Waals surface area contributed by atoms with Crippen molar-refractivity contribution in [2.75, 3.05) is 26.4 Å². The average Bonchev–Trinajstić information content (AvgIpc) is 3.11. The van der Waals surface area contributed by atoms with E-state index in [0.29, 0.717) is 12.8 Å². The third-order valence-corrected chi connectivity index (χ3v) is 9.25. The Balaban J connectivity index is 1.64. The molecular formula is C31H57NO18. The van der Waals surface area contributed by atoms with Crippen molar-refractivity contribution in [2.24, 2.45) is 0 Å². The van der Waals surface area contributed by atoms with Crippen LogP contribution in [0, 0.1) is 0 Å². The lowest BCUT2D eigenvalue weighted by atomic mass is 9.96. The molecule has 12 N–H and O–H groups in total. The molecule has 0 spiro atoms. The third-order valence-electron chi connectivity index (χ3n) is 9.25. The predicted octanol–water partition coefficient (Wildman–Crippen LogP) is -4.93. The molecule has 0 aromatic rings. The van der Waals surface area contributed by atoms with Crippen LogP contribution in [0.1, 0.15) is 58.8 Å². The van der Waals surface area contributed by atoms with Crippen LogP contribution < -0.4 is 5.32 Å². The molecule has 3 rings (SSSR count). The maximum Gasteiger partial charge on any atom is 0.220 e. The van der Waals surface area contributed by atoms with Gasteiger partial charge in [0.15, 0.2) is 18.9 Å². The summed E-state index contributed by atoms with van der Waals surface area (Å²) < 4.78 is 33.4. The number of rotatable bonds is 19. The molecule has 19 heteroatoms. The van der Waals surface area contributed by atoms with Gasteiger partial charge in [0, 0.05) is 6.42 Å². The lowest BCUT2D eigenvalue weighted by Gasteiger charge is -2.48. The smallest absolute Gasteiger partial charge is 0.220 e. The van der Waals surface area contributed by atoms with Crippen molar-refractivity contribution in [3.05, 3.63) is 0 Å². The predicted molar refractivity (Wildman–Crippen MR) is 167 cm³/mol. The van der Waals surface area contributed by atoms with E-state index in [2.05, 4.69) is 12.2 Å². The number of hydrogen-bond acceptors (Lipinski definition) is 18. The number of nitrogens with one attached hydrogen (secondary N) is 1. The van der Waals surface area contributed by atoms with Crippen LogP contribution in [0.15, 0.2) is 0 Å². The monoisotopic (exact) mass is 731 g/mol. The van der Waals surface area contributed by atoms with E-state index in [1.165, 1.54) is 0 Å². The van der Waals surface area contributed by atoms with Gasteiger partial charge < -0.3 is 89.9 Å². The summed E-state index contributed by atoms with van der Waals surface area (Å²) in [7, 11) is 0. The molecule has 0 aliphatic carbocycles. The van der Waals surface area contributed by atoms with Gasteiger partial charge in [0.05, 0.1) is 38.6 Å². The molecule has 0 aromatic heterocycles. The molecule has 3 aliphatic rings. The van der Waals surface area contributed by atoms with E-state index >= 15 is 0 Å². The number of carbonyl (C=O) groups is 1. The fourth-order valence-corrected chi connectivity index (χ4v) is 6.10. The minimum absolute atomic E-state index is 0.147. The molecule has 19 nitrogen and oxygen atoms in total. The van der Waals surface area contributed by atoms with Crippen molar-refractivity contribution in [1.82, 2.24) is 5.32 Å². The average molecular weight is 732 g/mol. The van der Waals surface area contributed by atoms with Gasteiger partial charge in [-0.25, -0.2) is 0 Å². The molecule has 50 heavy (non-hydrogen) atoms. The van der Waals surface area contributed by atoms with Crippen molar-refractivity contribution in [2.45, 2.75) is 163 Å². The molecule has 3 aliphatic heterocycles. The first-order chi connectivity index (χ1) is 23.8.